The summed E-state index contributed by atoms with van der Waals surface area (Å²) in [7, 11) is 3.14. The molecule has 10 nitrogen and oxygen atoms in total. The lowest BCUT2D eigenvalue weighted by Gasteiger charge is -2.11. The Morgan fingerprint density at radius 2 is 1.91 bits per heavy atom. The number of carbonyl (C=O) groups is 1. The summed E-state index contributed by atoms with van der Waals surface area (Å²) in [5, 5.41) is 8.30. The van der Waals surface area contributed by atoms with Gasteiger partial charge in [-0.25, -0.2) is 14.6 Å². The molecule has 2 N–H and O–H groups in total. The number of anilines is 1. The fourth-order valence-electron chi connectivity index (χ4n) is 3.68. The van der Waals surface area contributed by atoms with Crippen molar-refractivity contribution in [2.24, 2.45) is 0 Å². The van der Waals surface area contributed by atoms with Crippen LogP contribution in [0.5, 0.6) is 11.5 Å². The number of aryl methyl sites for hydroxylation is 1. The maximum absolute atomic E-state index is 13.3. The van der Waals surface area contributed by atoms with Crippen molar-refractivity contribution in [2.45, 2.75) is 6.92 Å². The van der Waals surface area contributed by atoms with Gasteiger partial charge in [-0.2, -0.15) is 5.10 Å². The van der Waals surface area contributed by atoms with Gasteiger partial charge in [0.05, 0.1) is 43.8 Å². The van der Waals surface area contributed by atoms with Crippen LogP contribution in [0.3, 0.4) is 0 Å². The Morgan fingerprint density at radius 3 is 2.71 bits per heavy atom. The van der Waals surface area contributed by atoms with E-state index in [4.69, 9.17) is 9.47 Å². The average molecular weight is 489 g/mol. The number of fused-ring (bicyclic) bond motifs is 1. The zero-order valence-electron chi connectivity index (χ0n) is 19.0. The highest BCUT2D eigenvalue weighted by Crippen LogP contribution is 2.35. The van der Waals surface area contributed by atoms with Gasteiger partial charge in [0.25, 0.3) is 11.5 Å². The average Bonchev–Trinajstić information content (AvgIpc) is 3.48. The Morgan fingerprint density at radius 1 is 1.11 bits per heavy atom. The van der Waals surface area contributed by atoms with Crippen molar-refractivity contribution < 1.29 is 14.3 Å². The van der Waals surface area contributed by atoms with Gasteiger partial charge in [0, 0.05) is 5.56 Å². The van der Waals surface area contributed by atoms with Crippen molar-refractivity contribution in [3.63, 3.8) is 0 Å². The molecule has 0 atom stereocenters. The topological polar surface area (TPSA) is 124 Å². The molecule has 11 heteroatoms. The molecule has 35 heavy (non-hydrogen) atoms. The Labute approximate surface area is 203 Å². The van der Waals surface area contributed by atoms with Crippen molar-refractivity contribution >= 4 is 34.0 Å². The summed E-state index contributed by atoms with van der Waals surface area (Å²) in [6.45, 7) is 1.79. The van der Waals surface area contributed by atoms with Crippen LogP contribution < -0.4 is 20.3 Å². The third-order valence-corrected chi connectivity index (χ3v) is 6.59. The van der Waals surface area contributed by atoms with Crippen LogP contribution in [0.25, 0.3) is 27.3 Å². The highest BCUT2D eigenvalue weighted by molar-refractivity contribution is 7.17. The molecule has 0 aliphatic heterocycles. The molecule has 0 spiro atoms. The Hall–Kier alpha value is -4.51. The van der Waals surface area contributed by atoms with Gasteiger partial charge in [0.1, 0.15) is 15.3 Å². The molecule has 5 aromatic rings. The molecule has 2 aromatic carbocycles. The van der Waals surface area contributed by atoms with Gasteiger partial charge < -0.3 is 19.8 Å². The van der Waals surface area contributed by atoms with E-state index in [0.29, 0.717) is 49.5 Å². The number of H-pyrrole nitrogens is 1. The standard InChI is InChI=1S/C24H20N6O4S/c1-13-20(35-24(28-13)14-8-9-18(33-2)19(10-14)34-3)23(32)29-16-6-4-5-7-17(16)30-21-15(11-27-30)22(31)26-12-25-21/h4-12H,1-3H3,(H,29,32)(H,25,26,31). The fourth-order valence-corrected chi connectivity index (χ4v) is 4.63. The first kappa shape index (κ1) is 22.3. The minimum Gasteiger partial charge on any atom is -0.493 e. The molecule has 0 aliphatic carbocycles. The number of amides is 1. The molecule has 0 bridgehead atoms. The first-order valence-electron chi connectivity index (χ1n) is 10.5. The molecule has 1 amide bonds. The lowest BCUT2D eigenvalue weighted by Crippen LogP contribution is -2.14. The molecule has 0 radical (unpaired) electrons. The molecule has 3 heterocycles. The van der Waals surface area contributed by atoms with Crippen molar-refractivity contribution in [3.05, 3.63) is 75.9 Å². The van der Waals surface area contributed by atoms with Gasteiger partial charge in [0.2, 0.25) is 0 Å². The van der Waals surface area contributed by atoms with Gasteiger partial charge in [-0.1, -0.05) is 12.1 Å². The molecule has 0 saturated carbocycles. The number of para-hydroxylation sites is 2. The second kappa shape index (κ2) is 9.03. The number of hydrogen-bond acceptors (Lipinski definition) is 8. The number of nitrogens with zero attached hydrogens (tertiary/aromatic N) is 4. The molecule has 0 aliphatic rings. The van der Waals surface area contributed by atoms with E-state index in [2.05, 4.69) is 25.4 Å². The number of methoxy groups -OCH3 is 2. The molecular formula is C24H20N6O4S. The highest BCUT2D eigenvalue weighted by atomic mass is 32.1. The summed E-state index contributed by atoms with van der Waals surface area (Å²) < 4.78 is 12.2. The Kier molecular flexibility index (Phi) is 5.75. The number of ether oxygens (including phenoxy) is 2. The number of aromatic amines is 1. The van der Waals surface area contributed by atoms with Crippen molar-refractivity contribution in [2.75, 3.05) is 19.5 Å². The first-order valence-corrected chi connectivity index (χ1v) is 11.3. The smallest absolute Gasteiger partial charge is 0.267 e. The zero-order valence-corrected chi connectivity index (χ0v) is 19.8. The summed E-state index contributed by atoms with van der Waals surface area (Å²) in [6.07, 6.45) is 2.77. The number of nitrogens with one attached hydrogen (secondary N) is 2. The third kappa shape index (κ3) is 4.02. The predicted octanol–water partition coefficient (Wildman–Crippen LogP) is 3.81. The van der Waals surface area contributed by atoms with Gasteiger partial charge in [-0.05, 0) is 37.3 Å². The normalized spacial score (nSPS) is 10.9. The van der Waals surface area contributed by atoms with Gasteiger partial charge >= 0.3 is 0 Å². The van der Waals surface area contributed by atoms with Crippen molar-refractivity contribution in [1.82, 2.24) is 24.7 Å². The van der Waals surface area contributed by atoms with Gasteiger partial charge in [-0.15, -0.1) is 11.3 Å². The highest BCUT2D eigenvalue weighted by Gasteiger charge is 2.20. The van der Waals surface area contributed by atoms with Crippen LogP contribution >= 0.6 is 11.3 Å². The van der Waals surface area contributed by atoms with E-state index in [0.717, 1.165) is 5.56 Å². The molecule has 3 aromatic heterocycles. The fraction of sp³-hybridized carbons (Fsp3) is 0.125. The molecule has 0 fully saturated rings. The van der Waals surface area contributed by atoms with Crippen molar-refractivity contribution in [1.29, 1.82) is 0 Å². The van der Waals surface area contributed by atoms with E-state index in [1.165, 1.54) is 28.5 Å². The summed E-state index contributed by atoms with van der Waals surface area (Å²) in [5.41, 5.74) is 2.62. The van der Waals surface area contributed by atoms with Crippen LogP contribution in [0.2, 0.25) is 0 Å². The molecule has 0 saturated heterocycles. The number of hydrogen-bond donors (Lipinski definition) is 2. The Bertz CT molecular complexity index is 1620. The summed E-state index contributed by atoms with van der Waals surface area (Å²) in [6, 6.07) is 12.7. The molecule has 176 valence electrons. The van der Waals surface area contributed by atoms with E-state index in [1.54, 1.807) is 45.4 Å². The Balaban J connectivity index is 1.47. The largest absolute Gasteiger partial charge is 0.493 e. The van der Waals surface area contributed by atoms with Crippen LogP contribution in [0.4, 0.5) is 5.69 Å². The minimum atomic E-state index is -0.304. The van der Waals surface area contributed by atoms with E-state index >= 15 is 0 Å². The zero-order chi connectivity index (χ0) is 24.5. The van der Waals surface area contributed by atoms with Crippen LogP contribution in [-0.4, -0.2) is 44.9 Å². The summed E-state index contributed by atoms with van der Waals surface area (Å²) in [4.78, 5) is 37.2. The number of aromatic nitrogens is 5. The molecule has 0 unspecified atom stereocenters. The summed E-state index contributed by atoms with van der Waals surface area (Å²) >= 11 is 1.28. The number of rotatable bonds is 6. The van der Waals surface area contributed by atoms with E-state index in [1.807, 2.05) is 18.2 Å². The van der Waals surface area contributed by atoms with E-state index in [9.17, 15) is 9.59 Å². The maximum atomic E-state index is 13.3. The van der Waals surface area contributed by atoms with E-state index < -0.39 is 0 Å². The SMILES string of the molecule is COc1ccc(-c2nc(C)c(C(=O)Nc3ccccc3-n3ncc4c(=O)[nH]cnc43)s2)cc1OC. The summed E-state index contributed by atoms with van der Waals surface area (Å²) in [5.74, 6) is 0.889. The van der Waals surface area contributed by atoms with E-state index in [-0.39, 0.29) is 11.5 Å². The third-order valence-electron chi connectivity index (χ3n) is 5.38. The lowest BCUT2D eigenvalue weighted by molar-refractivity contribution is 0.102. The van der Waals surface area contributed by atoms with Crippen LogP contribution in [0, 0.1) is 6.92 Å². The number of thiazole rings is 1. The number of carbonyl (C=O) groups excluding carboxylic acids is 1. The van der Waals surface area contributed by atoms with Crippen molar-refractivity contribution in [3.8, 4) is 27.8 Å². The number of benzene rings is 2. The van der Waals surface area contributed by atoms with Crippen LogP contribution in [0.15, 0.2) is 59.8 Å². The first-order chi connectivity index (χ1) is 17.0. The molecular weight excluding hydrogens is 468 g/mol. The maximum Gasteiger partial charge on any atom is 0.267 e. The van der Waals surface area contributed by atoms with Crippen LogP contribution in [0.1, 0.15) is 15.4 Å². The van der Waals surface area contributed by atoms with Gasteiger partial charge in [0.15, 0.2) is 17.1 Å². The van der Waals surface area contributed by atoms with Crippen LogP contribution in [-0.2, 0) is 0 Å². The molecule has 5 rings (SSSR count). The van der Waals surface area contributed by atoms with Gasteiger partial charge in [-0.3, -0.25) is 9.59 Å². The second-order valence-electron chi connectivity index (χ2n) is 7.50. The monoisotopic (exact) mass is 488 g/mol. The lowest BCUT2D eigenvalue weighted by atomic mass is 10.2. The predicted molar refractivity (Wildman–Crippen MR) is 133 cm³/mol. The quantitative estimate of drug-likeness (QED) is 0.372. The second-order valence-corrected chi connectivity index (χ2v) is 8.50. The minimum absolute atomic E-state index is 0.286.